The summed E-state index contributed by atoms with van der Waals surface area (Å²) in [6, 6.07) is 19.6. The maximum Gasteiger partial charge on any atom is 0.169 e. The van der Waals surface area contributed by atoms with Crippen molar-refractivity contribution >= 4 is 28.4 Å². The lowest BCUT2D eigenvalue weighted by molar-refractivity contribution is 0.0989. The molecule has 0 spiro atoms. The average Bonchev–Trinajstić information content (AvgIpc) is 2.54. The summed E-state index contributed by atoms with van der Waals surface area (Å²) >= 11 is 1.60. The summed E-state index contributed by atoms with van der Waals surface area (Å²) in [6.45, 7) is 0. The summed E-state index contributed by atoms with van der Waals surface area (Å²) in [7, 11) is 0. The molecule has 0 N–H and O–H groups in total. The van der Waals surface area contributed by atoms with Crippen LogP contribution in [-0.2, 0) is 6.42 Å². The van der Waals surface area contributed by atoms with Gasteiger partial charge in [0.2, 0.25) is 0 Å². The zero-order valence-corrected chi connectivity index (χ0v) is 12.6. The van der Waals surface area contributed by atoms with E-state index >= 15 is 0 Å². The highest BCUT2D eigenvalue weighted by atomic mass is 32.2. The Bertz CT molecular complexity index is 798. The summed E-state index contributed by atoms with van der Waals surface area (Å²) in [5, 5.41) is 1.10. The number of ketones is 1. The van der Waals surface area contributed by atoms with Gasteiger partial charge in [-0.15, -0.1) is 11.8 Å². The van der Waals surface area contributed by atoms with Gasteiger partial charge in [0, 0.05) is 21.5 Å². The second kappa shape index (κ2) is 6.10. The molecule has 0 bridgehead atoms. The number of hydrogen-bond acceptors (Lipinski definition) is 3. The summed E-state index contributed by atoms with van der Waals surface area (Å²) in [5.74, 6) is 0.114. The number of rotatable bonds is 4. The average molecular weight is 293 g/mol. The molecule has 1 heterocycles. The molecule has 0 saturated carbocycles. The standard InChI is InChI=1S/C18H15NOS/c1-21-18-9-5-3-7-15(18)17(20)12-14-11-10-13-6-2-4-8-16(13)19-14/h2-11H,12H2,1H3. The van der Waals surface area contributed by atoms with Crippen LogP contribution in [0.3, 0.4) is 0 Å². The van der Waals surface area contributed by atoms with Crippen molar-refractivity contribution in [1.82, 2.24) is 4.98 Å². The fourth-order valence-electron chi connectivity index (χ4n) is 2.34. The van der Waals surface area contributed by atoms with E-state index in [9.17, 15) is 4.79 Å². The third kappa shape index (κ3) is 2.98. The van der Waals surface area contributed by atoms with Gasteiger partial charge in [0.05, 0.1) is 11.9 Å². The second-order valence-corrected chi connectivity index (χ2v) is 5.64. The fourth-order valence-corrected chi connectivity index (χ4v) is 2.96. The molecule has 0 aliphatic heterocycles. The molecule has 0 aliphatic rings. The van der Waals surface area contributed by atoms with Crippen LogP contribution in [-0.4, -0.2) is 17.0 Å². The van der Waals surface area contributed by atoms with Crippen molar-refractivity contribution in [2.75, 3.05) is 6.26 Å². The lowest BCUT2D eigenvalue weighted by Crippen LogP contribution is -2.06. The fraction of sp³-hybridized carbons (Fsp3) is 0.111. The highest BCUT2D eigenvalue weighted by Crippen LogP contribution is 2.21. The number of Topliss-reactive ketones (excluding diaryl/α,β-unsaturated/α-hetero) is 1. The number of nitrogens with zero attached hydrogens (tertiary/aromatic N) is 1. The minimum atomic E-state index is 0.114. The summed E-state index contributed by atoms with van der Waals surface area (Å²) in [4.78, 5) is 18.1. The molecule has 0 saturated heterocycles. The minimum Gasteiger partial charge on any atom is -0.294 e. The van der Waals surface area contributed by atoms with Crippen molar-refractivity contribution in [3.63, 3.8) is 0 Å². The van der Waals surface area contributed by atoms with Crippen molar-refractivity contribution in [3.05, 3.63) is 71.9 Å². The monoisotopic (exact) mass is 293 g/mol. The molecule has 21 heavy (non-hydrogen) atoms. The van der Waals surface area contributed by atoms with Crippen LogP contribution in [0.4, 0.5) is 0 Å². The molecule has 3 rings (SSSR count). The predicted octanol–water partition coefficient (Wildman–Crippen LogP) is 4.38. The molecule has 3 heteroatoms. The zero-order chi connectivity index (χ0) is 14.7. The predicted molar refractivity (Wildman–Crippen MR) is 88.0 cm³/mol. The van der Waals surface area contributed by atoms with E-state index < -0.39 is 0 Å². The van der Waals surface area contributed by atoms with Crippen molar-refractivity contribution in [2.24, 2.45) is 0 Å². The number of benzene rings is 2. The number of carbonyl (C=O) groups is 1. The Balaban J connectivity index is 1.89. The van der Waals surface area contributed by atoms with Crippen molar-refractivity contribution in [2.45, 2.75) is 11.3 Å². The van der Waals surface area contributed by atoms with Crippen molar-refractivity contribution in [3.8, 4) is 0 Å². The first-order valence-corrected chi connectivity index (χ1v) is 8.01. The highest BCUT2D eigenvalue weighted by molar-refractivity contribution is 7.98. The molecule has 3 aromatic rings. The van der Waals surface area contributed by atoms with Gasteiger partial charge in [0.1, 0.15) is 0 Å². The number of aromatic nitrogens is 1. The van der Waals surface area contributed by atoms with E-state index in [1.807, 2.05) is 66.9 Å². The lowest BCUT2D eigenvalue weighted by atomic mass is 10.1. The normalized spacial score (nSPS) is 10.7. The number of pyridine rings is 1. The van der Waals surface area contributed by atoms with Crippen LogP contribution in [0.15, 0.2) is 65.6 Å². The molecular formula is C18H15NOS. The van der Waals surface area contributed by atoms with E-state index in [0.717, 1.165) is 27.1 Å². The van der Waals surface area contributed by atoms with Crippen LogP contribution >= 0.6 is 11.8 Å². The van der Waals surface area contributed by atoms with Gasteiger partial charge in [0.25, 0.3) is 0 Å². The van der Waals surface area contributed by atoms with E-state index in [1.54, 1.807) is 11.8 Å². The number of para-hydroxylation sites is 1. The molecule has 0 unspecified atom stereocenters. The van der Waals surface area contributed by atoms with Gasteiger partial charge in [-0.1, -0.05) is 42.5 Å². The smallest absolute Gasteiger partial charge is 0.169 e. The van der Waals surface area contributed by atoms with E-state index in [2.05, 4.69) is 4.98 Å². The first kappa shape index (κ1) is 13.8. The van der Waals surface area contributed by atoms with Crippen LogP contribution in [0.25, 0.3) is 10.9 Å². The Hall–Kier alpha value is -2.13. The maximum absolute atomic E-state index is 12.5. The first-order chi connectivity index (χ1) is 10.3. The summed E-state index contributed by atoms with van der Waals surface area (Å²) < 4.78 is 0. The Morgan fingerprint density at radius 3 is 2.62 bits per heavy atom. The zero-order valence-electron chi connectivity index (χ0n) is 11.7. The number of fused-ring (bicyclic) bond motifs is 1. The third-order valence-electron chi connectivity index (χ3n) is 3.41. The third-order valence-corrected chi connectivity index (χ3v) is 4.20. The maximum atomic E-state index is 12.5. The molecule has 1 aromatic heterocycles. The van der Waals surface area contributed by atoms with E-state index in [-0.39, 0.29) is 5.78 Å². The largest absolute Gasteiger partial charge is 0.294 e. The number of thioether (sulfide) groups is 1. The molecule has 0 radical (unpaired) electrons. The molecule has 0 fully saturated rings. The minimum absolute atomic E-state index is 0.114. The second-order valence-electron chi connectivity index (χ2n) is 4.80. The van der Waals surface area contributed by atoms with Gasteiger partial charge in [-0.3, -0.25) is 9.78 Å². The molecule has 2 nitrogen and oxygen atoms in total. The van der Waals surface area contributed by atoms with Crippen LogP contribution in [0, 0.1) is 0 Å². The Kier molecular flexibility index (Phi) is 4.02. The molecule has 0 amide bonds. The van der Waals surface area contributed by atoms with Gasteiger partial charge in [0.15, 0.2) is 5.78 Å². The topological polar surface area (TPSA) is 30.0 Å². The van der Waals surface area contributed by atoms with Gasteiger partial charge >= 0.3 is 0 Å². The Morgan fingerprint density at radius 1 is 1.00 bits per heavy atom. The lowest BCUT2D eigenvalue weighted by Gasteiger charge is -2.06. The molecule has 2 aromatic carbocycles. The number of carbonyl (C=O) groups excluding carboxylic acids is 1. The van der Waals surface area contributed by atoms with Crippen LogP contribution in [0.1, 0.15) is 16.1 Å². The van der Waals surface area contributed by atoms with Crippen LogP contribution < -0.4 is 0 Å². The molecular weight excluding hydrogens is 278 g/mol. The van der Waals surface area contributed by atoms with Crippen molar-refractivity contribution in [1.29, 1.82) is 0 Å². The van der Waals surface area contributed by atoms with E-state index in [4.69, 9.17) is 0 Å². The van der Waals surface area contributed by atoms with Gasteiger partial charge in [-0.05, 0) is 24.5 Å². The summed E-state index contributed by atoms with van der Waals surface area (Å²) in [6.07, 6.45) is 2.32. The van der Waals surface area contributed by atoms with Gasteiger partial charge in [-0.2, -0.15) is 0 Å². The van der Waals surface area contributed by atoms with Gasteiger partial charge in [-0.25, -0.2) is 0 Å². The first-order valence-electron chi connectivity index (χ1n) is 6.79. The van der Waals surface area contributed by atoms with Crippen LogP contribution in [0.5, 0.6) is 0 Å². The molecule has 104 valence electrons. The highest BCUT2D eigenvalue weighted by Gasteiger charge is 2.12. The molecule has 0 atom stereocenters. The SMILES string of the molecule is CSc1ccccc1C(=O)Cc1ccc2ccccc2n1. The van der Waals surface area contributed by atoms with E-state index in [1.165, 1.54) is 0 Å². The Morgan fingerprint density at radius 2 is 1.76 bits per heavy atom. The van der Waals surface area contributed by atoms with E-state index in [0.29, 0.717) is 6.42 Å². The Labute approximate surface area is 128 Å². The molecule has 0 aliphatic carbocycles. The van der Waals surface area contributed by atoms with Gasteiger partial charge < -0.3 is 0 Å². The van der Waals surface area contributed by atoms with Crippen molar-refractivity contribution < 1.29 is 4.79 Å². The number of hydrogen-bond donors (Lipinski definition) is 0. The summed E-state index contributed by atoms with van der Waals surface area (Å²) in [5.41, 5.74) is 2.52. The quantitative estimate of drug-likeness (QED) is 0.528. The van der Waals surface area contributed by atoms with Crippen LogP contribution in [0.2, 0.25) is 0 Å².